The molecular formula is C16H11Cl2N4OS2+. The number of nitrogens with zero attached hydrogens (tertiary/aromatic N) is 1. The number of H-pyrrole nitrogens is 1. The Morgan fingerprint density at radius 2 is 2.04 bits per heavy atom. The van der Waals surface area contributed by atoms with Crippen LogP contribution in [0, 0.1) is 11.3 Å². The number of hydrogen-bond acceptors (Lipinski definition) is 6. The van der Waals surface area contributed by atoms with Gasteiger partial charge in [-0.1, -0.05) is 34.5 Å². The van der Waals surface area contributed by atoms with Crippen molar-refractivity contribution in [3.8, 4) is 6.07 Å². The van der Waals surface area contributed by atoms with E-state index in [-0.39, 0.29) is 11.6 Å². The van der Waals surface area contributed by atoms with Crippen LogP contribution in [-0.2, 0) is 0 Å². The molecule has 0 atom stereocenters. The molecule has 0 fully saturated rings. The largest absolute Gasteiger partial charge is 0.397 e. The fourth-order valence-corrected chi connectivity index (χ4v) is 4.68. The second-order valence-electron chi connectivity index (χ2n) is 5.07. The molecule has 0 aliphatic rings. The van der Waals surface area contributed by atoms with Gasteiger partial charge in [-0.2, -0.15) is 5.26 Å². The second-order valence-corrected chi connectivity index (χ2v) is 7.72. The maximum absolute atomic E-state index is 12.9. The minimum absolute atomic E-state index is 0.245. The number of nitrogen functional groups attached to an aromatic ring is 2. The Morgan fingerprint density at radius 3 is 2.64 bits per heavy atom. The number of thiophene rings is 1. The van der Waals surface area contributed by atoms with E-state index in [1.54, 1.807) is 12.1 Å². The van der Waals surface area contributed by atoms with E-state index < -0.39 is 0 Å². The highest BCUT2D eigenvalue weighted by Crippen LogP contribution is 2.40. The Morgan fingerprint density at radius 1 is 1.32 bits per heavy atom. The quantitative estimate of drug-likeness (QED) is 0.501. The number of anilines is 2. The van der Waals surface area contributed by atoms with Gasteiger partial charge in [-0.05, 0) is 24.5 Å². The Kier molecular flexibility index (Phi) is 4.80. The van der Waals surface area contributed by atoms with Crippen molar-refractivity contribution in [2.24, 2.45) is 0 Å². The Labute approximate surface area is 161 Å². The van der Waals surface area contributed by atoms with Crippen LogP contribution < -0.4 is 16.5 Å². The summed E-state index contributed by atoms with van der Waals surface area (Å²) in [6.45, 7) is 0. The van der Waals surface area contributed by atoms with Gasteiger partial charge >= 0.3 is 0 Å². The second kappa shape index (κ2) is 6.73. The van der Waals surface area contributed by atoms with E-state index in [4.69, 9.17) is 34.7 Å². The summed E-state index contributed by atoms with van der Waals surface area (Å²) >= 11 is 14.4. The van der Waals surface area contributed by atoms with Gasteiger partial charge in [-0.3, -0.25) is 10.5 Å². The van der Waals surface area contributed by atoms with Crippen molar-refractivity contribution in [2.75, 3.05) is 17.7 Å². The van der Waals surface area contributed by atoms with Crippen molar-refractivity contribution < 1.29 is 9.78 Å². The number of carbonyl (C=O) groups excluding carboxylic acids is 1. The molecule has 2 heterocycles. The third-order valence-corrected chi connectivity index (χ3v) is 6.30. The summed E-state index contributed by atoms with van der Waals surface area (Å²) in [7, 11) is 0. The van der Waals surface area contributed by atoms with E-state index in [1.165, 1.54) is 29.2 Å². The molecule has 0 radical (unpaired) electrons. The predicted molar refractivity (Wildman–Crippen MR) is 104 cm³/mol. The smallest absolute Gasteiger partial charge is 0.290 e. The highest BCUT2D eigenvalue weighted by atomic mass is 35.5. The summed E-state index contributed by atoms with van der Waals surface area (Å²) in [4.78, 5) is 17.4. The zero-order chi connectivity index (χ0) is 18.3. The number of nitrogens with one attached hydrogen (secondary N) is 1. The molecule has 126 valence electrons. The minimum atomic E-state index is -0.269. The number of fused-ring (bicyclic) bond motifs is 1. The summed E-state index contributed by atoms with van der Waals surface area (Å²) in [6.07, 6.45) is 1.83. The van der Waals surface area contributed by atoms with Gasteiger partial charge in [0.1, 0.15) is 10.9 Å². The van der Waals surface area contributed by atoms with Gasteiger partial charge in [-0.15, -0.1) is 11.8 Å². The molecule has 0 saturated heterocycles. The number of halogens is 2. The lowest BCUT2D eigenvalue weighted by Crippen LogP contribution is -2.13. The van der Waals surface area contributed by atoms with E-state index in [1.807, 2.05) is 6.26 Å². The average Bonchev–Trinajstić information content (AvgIpc) is 2.91. The van der Waals surface area contributed by atoms with E-state index >= 15 is 0 Å². The molecule has 0 spiro atoms. The molecule has 0 amide bonds. The Balaban J connectivity index is 2.24. The Bertz CT molecular complexity index is 1070. The Hall–Kier alpha value is -1.98. The van der Waals surface area contributed by atoms with E-state index in [9.17, 15) is 10.1 Å². The molecular weight excluding hydrogens is 399 g/mol. The lowest BCUT2D eigenvalue weighted by atomic mass is 10.1. The van der Waals surface area contributed by atoms with Crippen LogP contribution in [0.1, 0.15) is 20.8 Å². The molecule has 0 bridgehead atoms. The predicted octanol–water partition coefficient (Wildman–Crippen LogP) is 4.01. The molecule has 0 unspecified atom stereocenters. The normalized spacial score (nSPS) is 10.8. The van der Waals surface area contributed by atoms with E-state index in [0.29, 0.717) is 46.8 Å². The van der Waals surface area contributed by atoms with Crippen LogP contribution in [0.25, 0.3) is 10.2 Å². The lowest BCUT2D eigenvalue weighted by Gasteiger charge is -2.04. The highest BCUT2D eigenvalue weighted by molar-refractivity contribution is 7.99. The van der Waals surface area contributed by atoms with Crippen molar-refractivity contribution in [3.63, 3.8) is 0 Å². The molecule has 9 heteroatoms. The number of hydrogen-bond donors (Lipinski definition) is 2. The topological polar surface area (TPSA) is 107 Å². The van der Waals surface area contributed by atoms with Crippen LogP contribution in [0.15, 0.2) is 23.1 Å². The first-order valence-electron chi connectivity index (χ1n) is 6.89. The molecule has 0 saturated carbocycles. The SMILES string of the molecule is CSc1c(C#N)c(N)[nH+]c2sc(C(=O)c3ccc(Cl)c(Cl)c3)c(N)c12. The highest BCUT2D eigenvalue weighted by Gasteiger charge is 2.26. The summed E-state index contributed by atoms with van der Waals surface area (Å²) in [6, 6.07) is 6.73. The fraction of sp³-hybridized carbons (Fsp3) is 0.0625. The number of rotatable bonds is 3. The molecule has 0 aliphatic heterocycles. The minimum Gasteiger partial charge on any atom is -0.397 e. The van der Waals surface area contributed by atoms with Crippen LogP contribution in [-0.4, -0.2) is 12.0 Å². The number of carbonyl (C=O) groups is 1. The molecule has 25 heavy (non-hydrogen) atoms. The molecule has 5 N–H and O–H groups in total. The van der Waals surface area contributed by atoms with Crippen LogP contribution >= 0.6 is 46.3 Å². The molecule has 1 aromatic carbocycles. The number of ketones is 1. The van der Waals surface area contributed by atoms with Crippen LogP contribution in [0.3, 0.4) is 0 Å². The maximum atomic E-state index is 12.9. The monoisotopic (exact) mass is 409 g/mol. The van der Waals surface area contributed by atoms with Crippen molar-refractivity contribution in [1.82, 2.24) is 0 Å². The van der Waals surface area contributed by atoms with Crippen LogP contribution in [0.4, 0.5) is 11.5 Å². The number of pyridine rings is 1. The van der Waals surface area contributed by atoms with E-state index in [2.05, 4.69) is 11.1 Å². The molecule has 3 rings (SSSR count). The first-order chi connectivity index (χ1) is 11.9. The molecule has 0 aliphatic carbocycles. The zero-order valence-electron chi connectivity index (χ0n) is 12.8. The third kappa shape index (κ3) is 2.92. The number of nitrogens with two attached hydrogens (primary N) is 2. The average molecular weight is 410 g/mol. The first-order valence-corrected chi connectivity index (χ1v) is 9.69. The zero-order valence-corrected chi connectivity index (χ0v) is 16.0. The fourth-order valence-electron chi connectivity index (χ4n) is 2.44. The van der Waals surface area contributed by atoms with Gasteiger partial charge in [0.25, 0.3) is 5.82 Å². The van der Waals surface area contributed by atoms with Crippen molar-refractivity contribution in [1.29, 1.82) is 5.26 Å². The van der Waals surface area contributed by atoms with Gasteiger partial charge in [-0.25, -0.2) is 4.98 Å². The molecule has 3 aromatic rings. The first kappa shape index (κ1) is 17.8. The maximum Gasteiger partial charge on any atom is 0.290 e. The van der Waals surface area contributed by atoms with E-state index in [0.717, 1.165) is 0 Å². The molecule has 5 nitrogen and oxygen atoms in total. The van der Waals surface area contributed by atoms with Gasteiger partial charge in [0, 0.05) is 10.5 Å². The molecule has 2 aromatic heterocycles. The van der Waals surface area contributed by atoms with Crippen LogP contribution in [0.2, 0.25) is 10.0 Å². The number of thioether (sulfide) groups is 1. The van der Waals surface area contributed by atoms with Gasteiger partial charge < -0.3 is 5.73 Å². The van der Waals surface area contributed by atoms with Crippen molar-refractivity contribution >= 4 is 73.8 Å². The van der Waals surface area contributed by atoms with Crippen molar-refractivity contribution in [2.45, 2.75) is 4.90 Å². The third-order valence-electron chi connectivity index (χ3n) is 3.62. The summed E-state index contributed by atoms with van der Waals surface area (Å²) < 4.78 is 0. The number of aromatic nitrogens is 1. The number of benzene rings is 1. The number of aromatic amines is 1. The standard InChI is InChI=1S/C16H10Cl2N4OS2/c1-24-13-7(5-19)15(21)22-16-10(13)11(20)14(25-16)12(23)6-2-3-8(17)9(18)4-6/h2-4H,20H2,1H3,(H2,21,22)/p+1. The van der Waals surface area contributed by atoms with Crippen molar-refractivity contribution in [3.05, 3.63) is 44.2 Å². The van der Waals surface area contributed by atoms with Gasteiger partial charge in [0.2, 0.25) is 5.78 Å². The summed E-state index contributed by atoms with van der Waals surface area (Å²) in [5.74, 6) is -0.0241. The van der Waals surface area contributed by atoms with Crippen LogP contribution in [0.5, 0.6) is 0 Å². The summed E-state index contributed by atoms with van der Waals surface area (Å²) in [5, 5.41) is 10.6. The number of nitriles is 1. The van der Waals surface area contributed by atoms with Gasteiger partial charge in [0.15, 0.2) is 10.4 Å². The summed E-state index contributed by atoms with van der Waals surface area (Å²) in [5.41, 5.74) is 13.2. The lowest BCUT2D eigenvalue weighted by molar-refractivity contribution is -0.324. The van der Waals surface area contributed by atoms with Gasteiger partial charge in [0.05, 0.1) is 21.1 Å².